The fourth-order valence-electron chi connectivity index (χ4n) is 3.02. The van der Waals surface area contributed by atoms with Crippen LogP contribution < -0.4 is 10.2 Å². The number of rotatable bonds is 3. The highest BCUT2D eigenvalue weighted by Crippen LogP contribution is 2.22. The summed E-state index contributed by atoms with van der Waals surface area (Å²) in [5, 5.41) is 7.26. The van der Waals surface area contributed by atoms with Gasteiger partial charge >= 0.3 is 6.09 Å². The van der Waals surface area contributed by atoms with Crippen molar-refractivity contribution >= 4 is 11.9 Å². The molecular formula is C21H26N4O2. The van der Waals surface area contributed by atoms with Crippen LogP contribution in [0.1, 0.15) is 26.3 Å². The fourth-order valence-corrected chi connectivity index (χ4v) is 3.02. The first kappa shape index (κ1) is 18.8. The highest BCUT2D eigenvalue weighted by molar-refractivity contribution is 5.67. The number of aromatic nitrogens is 2. The van der Waals surface area contributed by atoms with E-state index in [1.165, 1.54) is 0 Å². The highest BCUT2D eigenvalue weighted by atomic mass is 16.6. The largest absolute Gasteiger partial charge is 0.444 e. The Labute approximate surface area is 160 Å². The Morgan fingerprint density at radius 1 is 1.26 bits per heavy atom. The van der Waals surface area contributed by atoms with E-state index in [-0.39, 0.29) is 12.0 Å². The van der Waals surface area contributed by atoms with Crippen LogP contribution in [0.15, 0.2) is 42.6 Å². The van der Waals surface area contributed by atoms with Crippen LogP contribution in [-0.2, 0) is 11.3 Å². The number of carbonyl (C=O) groups is 1. The van der Waals surface area contributed by atoms with Crippen molar-refractivity contribution in [3.05, 3.63) is 48.2 Å². The van der Waals surface area contributed by atoms with Gasteiger partial charge in [-0.1, -0.05) is 30.0 Å². The summed E-state index contributed by atoms with van der Waals surface area (Å²) in [6.07, 6.45) is 1.42. The van der Waals surface area contributed by atoms with Crippen LogP contribution in [0.4, 0.5) is 10.6 Å². The second-order valence-corrected chi connectivity index (χ2v) is 7.67. The molecule has 1 unspecified atom stereocenters. The lowest BCUT2D eigenvalue weighted by molar-refractivity contribution is 0.0517. The summed E-state index contributed by atoms with van der Waals surface area (Å²) in [7, 11) is 0. The molecule has 0 spiro atoms. The van der Waals surface area contributed by atoms with Gasteiger partial charge in [0.15, 0.2) is 0 Å². The van der Waals surface area contributed by atoms with E-state index in [1.54, 1.807) is 6.20 Å². The topological polar surface area (TPSA) is 59.4 Å². The van der Waals surface area contributed by atoms with Crippen LogP contribution >= 0.6 is 0 Å². The standard InChI is InChI=1S/C21H26N4O2/c1-21(2,3)27-20(26)22-14-18-15-24(19-11-12-23-25(19)16-18)13-7-10-17-8-5-4-6-9-17/h4-6,8-9,11-12,18H,13-16H2,1-3H3,(H,22,26). The lowest BCUT2D eigenvalue weighted by atomic mass is 10.1. The number of hydrogen-bond acceptors (Lipinski definition) is 4. The van der Waals surface area contributed by atoms with Gasteiger partial charge in [0.1, 0.15) is 11.4 Å². The minimum Gasteiger partial charge on any atom is -0.444 e. The van der Waals surface area contributed by atoms with E-state index in [2.05, 4.69) is 27.2 Å². The smallest absolute Gasteiger partial charge is 0.407 e. The zero-order valence-electron chi connectivity index (χ0n) is 16.1. The summed E-state index contributed by atoms with van der Waals surface area (Å²) in [5.74, 6) is 7.74. The maximum absolute atomic E-state index is 11.9. The predicted molar refractivity (Wildman–Crippen MR) is 105 cm³/mol. The first-order valence-electron chi connectivity index (χ1n) is 9.18. The van der Waals surface area contributed by atoms with Gasteiger partial charge in [0.2, 0.25) is 0 Å². The van der Waals surface area contributed by atoms with E-state index >= 15 is 0 Å². The van der Waals surface area contributed by atoms with Crippen molar-refractivity contribution in [3.63, 3.8) is 0 Å². The molecule has 0 aliphatic carbocycles. The molecule has 27 heavy (non-hydrogen) atoms. The van der Waals surface area contributed by atoms with Crippen LogP contribution in [0.2, 0.25) is 0 Å². The van der Waals surface area contributed by atoms with Crippen molar-refractivity contribution in [1.29, 1.82) is 0 Å². The molecular weight excluding hydrogens is 340 g/mol. The third-order valence-corrected chi connectivity index (χ3v) is 4.14. The van der Waals surface area contributed by atoms with Gasteiger partial charge in [-0.2, -0.15) is 5.10 Å². The lowest BCUT2D eigenvalue weighted by Crippen LogP contribution is -2.44. The predicted octanol–water partition coefficient (Wildman–Crippen LogP) is 2.90. The van der Waals surface area contributed by atoms with Gasteiger partial charge in [-0.15, -0.1) is 0 Å². The zero-order chi connectivity index (χ0) is 19.3. The second-order valence-electron chi connectivity index (χ2n) is 7.67. The van der Waals surface area contributed by atoms with Crippen LogP contribution in [0.5, 0.6) is 0 Å². The molecule has 0 saturated carbocycles. The third kappa shape index (κ3) is 5.52. The minimum atomic E-state index is -0.495. The number of nitrogens with one attached hydrogen (secondary N) is 1. The minimum absolute atomic E-state index is 0.239. The molecule has 0 bridgehead atoms. The van der Waals surface area contributed by atoms with E-state index in [4.69, 9.17) is 4.74 Å². The number of amides is 1. The molecule has 6 nitrogen and oxygen atoms in total. The van der Waals surface area contributed by atoms with Gasteiger partial charge in [0, 0.05) is 37.2 Å². The highest BCUT2D eigenvalue weighted by Gasteiger charge is 2.25. The van der Waals surface area contributed by atoms with Crippen molar-refractivity contribution in [3.8, 4) is 11.8 Å². The first-order valence-corrected chi connectivity index (χ1v) is 9.18. The van der Waals surface area contributed by atoms with Crippen molar-refractivity contribution in [1.82, 2.24) is 15.1 Å². The van der Waals surface area contributed by atoms with E-state index in [0.29, 0.717) is 13.1 Å². The molecule has 1 aromatic carbocycles. The molecule has 2 heterocycles. The zero-order valence-corrected chi connectivity index (χ0v) is 16.1. The number of carbonyl (C=O) groups excluding carboxylic acids is 1. The maximum atomic E-state index is 11.9. The molecule has 1 aromatic heterocycles. The molecule has 1 N–H and O–H groups in total. The van der Waals surface area contributed by atoms with E-state index < -0.39 is 5.60 Å². The summed E-state index contributed by atoms with van der Waals surface area (Å²) >= 11 is 0. The van der Waals surface area contributed by atoms with Gasteiger partial charge < -0.3 is 15.0 Å². The molecule has 0 radical (unpaired) electrons. The SMILES string of the molecule is CC(C)(C)OC(=O)NCC1CN(CC#Cc2ccccc2)c2ccnn2C1. The third-order valence-electron chi connectivity index (χ3n) is 4.14. The average Bonchev–Trinajstić information content (AvgIpc) is 3.08. The Hall–Kier alpha value is -2.94. The van der Waals surface area contributed by atoms with Gasteiger partial charge in [0.25, 0.3) is 0 Å². The van der Waals surface area contributed by atoms with Gasteiger partial charge in [-0.3, -0.25) is 0 Å². The number of fused-ring (bicyclic) bond motifs is 1. The Morgan fingerprint density at radius 3 is 2.78 bits per heavy atom. The van der Waals surface area contributed by atoms with Crippen molar-refractivity contribution in [2.45, 2.75) is 32.9 Å². The van der Waals surface area contributed by atoms with Gasteiger partial charge in [-0.05, 0) is 32.9 Å². The van der Waals surface area contributed by atoms with Crippen LogP contribution in [0.3, 0.4) is 0 Å². The first-order chi connectivity index (χ1) is 12.9. The maximum Gasteiger partial charge on any atom is 0.407 e. The van der Waals surface area contributed by atoms with Gasteiger partial charge in [0.05, 0.1) is 12.7 Å². The normalized spacial score (nSPS) is 16.1. The number of benzene rings is 1. The molecule has 3 rings (SSSR count). The number of nitrogens with zero attached hydrogens (tertiary/aromatic N) is 3. The monoisotopic (exact) mass is 366 g/mol. The number of anilines is 1. The van der Waals surface area contributed by atoms with Crippen LogP contribution in [-0.4, -0.2) is 41.1 Å². The van der Waals surface area contributed by atoms with Crippen molar-refractivity contribution < 1.29 is 9.53 Å². The Bertz CT molecular complexity index is 827. The Balaban J connectivity index is 1.60. The Kier molecular flexibility index (Phi) is 5.70. The van der Waals surface area contributed by atoms with E-state index in [9.17, 15) is 4.79 Å². The molecule has 2 aromatic rings. The number of hydrogen-bond donors (Lipinski definition) is 1. The molecule has 1 amide bonds. The molecule has 0 fully saturated rings. The molecule has 1 aliphatic heterocycles. The van der Waals surface area contributed by atoms with Crippen molar-refractivity contribution in [2.24, 2.45) is 5.92 Å². The molecule has 6 heteroatoms. The molecule has 1 atom stereocenters. The molecule has 1 aliphatic rings. The summed E-state index contributed by atoms with van der Waals surface area (Å²) in [5.41, 5.74) is 0.511. The quantitative estimate of drug-likeness (QED) is 0.849. The lowest BCUT2D eigenvalue weighted by Gasteiger charge is -2.33. The van der Waals surface area contributed by atoms with Crippen molar-refractivity contribution in [2.75, 3.05) is 24.5 Å². The number of ether oxygens (including phenoxy) is 1. The van der Waals surface area contributed by atoms with Gasteiger partial charge in [-0.25, -0.2) is 9.48 Å². The Morgan fingerprint density at radius 2 is 2.04 bits per heavy atom. The summed E-state index contributed by atoms with van der Waals surface area (Å²) < 4.78 is 7.28. The fraction of sp³-hybridized carbons (Fsp3) is 0.429. The summed E-state index contributed by atoms with van der Waals surface area (Å²) in [6, 6.07) is 12.0. The summed E-state index contributed by atoms with van der Waals surface area (Å²) in [4.78, 5) is 14.1. The second kappa shape index (κ2) is 8.17. The number of alkyl carbamates (subject to hydrolysis) is 1. The molecule has 142 valence electrons. The summed E-state index contributed by atoms with van der Waals surface area (Å²) in [6.45, 7) is 8.30. The van der Waals surface area contributed by atoms with Crippen LogP contribution in [0, 0.1) is 17.8 Å². The van der Waals surface area contributed by atoms with E-state index in [0.717, 1.165) is 24.5 Å². The average molecular weight is 366 g/mol. The van der Waals surface area contributed by atoms with E-state index in [1.807, 2.05) is 61.9 Å². The van der Waals surface area contributed by atoms with Crippen LogP contribution in [0.25, 0.3) is 0 Å². The molecule has 0 saturated heterocycles.